The third kappa shape index (κ3) is 2.75. The van der Waals surface area contributed by atoms with Crippen LogP contribution < -0.4 is 0 Å². The molecule has 0 spiro atoms. The number of aryl methyl sites for hydroxylation is 1. The molecular formula is C15H17N3O3. The molecule has 1 atom stereocenters. The predicted octanol–water partition coefficient (Wildman–Crippen LogP) is 2.14. The molecule has 6 nitrogen and oxygen atoms in total. The number of amides is 1. The fraction of sp³-hybridized carbons (Fsp3) is 0.333. The summed E-state index contributed by atoms with van der Waals surface area (Å²) in [4.78, 5) is 16.7. The third-order valence-corrected chi connectivity index (χ3v) is 3.70. The largest absolute Gasteiger partial charge is 0.465 e. The van der Waals surface area contributed by atoms with E-state index >= 15 is 0 Å². The first kappa shape index (κ1) is 13.6. The van der Waals surface area contributed by atoms with Crippen molar-refractivity contribution in [2.45, 2.75) is 6.10 Å². The zero-order valence-electron chi connectivity index (χ0n) is 11.8. The number of carboxylic acid groups (broad SMARTS) is 1. The Hall–Kier alpha value is -2.34. The molecule has 3 rings (SSSR count). The van der Waals surface area contributed by atoms with E-state index in [0.29, 0.717) is 19.7 Å². The lowest BCUT2D eigenvalue weighted by atomic mass is 10.1. The Morgan fingerprint density at radius 2 is 2.14 bits per heavy atom. The van der Waals surface area contributed by atoms with E-state index in [-0.39, 0.29) is 6.10 Å². The third-order valence-electron chi connectivity index (χ3n) is 3.70. The number of imidazole rings is 1. The normalized spacial score (nSPS) is 18.7. The second-order valence-electron chi connectivity index (χ2n) is 5.07. The van der Waals surface area contributed by atoms with Gasteiger partial charge in [0, 0.05) is 31.5 Å². The predicted molar refractivity (Wildman–Crippen MR) is 76.9 cm³/mol. The number of hydrogen-bond acceptors (Lipinski definition) is 3. The van der Waals surface area contributed by atoms with Gasteiger partial charge in [-0.15, -0.1) is 0 Å². The average molecular weight is 287 g/mol. The molecule has 0 radical (unpaired) electrons. The molecule has 1 aromatic heterocycles. The van der Waals surface area contributed by atoms with Gasteiger partial charge in [-0.25, -0.2) is 9.78 Å². The van der Waals surface area contributed by atoms with Crippen molar-refractivity contribution in [3.8, 4) is 11.4 Å². The molecule has 6 heteroatoms. The summed E-state index contributed by atoms with van der Waals surface area (Å²) in [6.45, 7) is 1.23. The molecule has 1 fully saturated rings. The van der Waals surface area contributed by atoms with Gasteiger partial charge in [0.25, 0.3) is 0 Å². The number of hydrogen-bond donors (Lipinski definition) is 1. The van der Waals surface area contributed by atoms with E-state index in [1.165, 1.54) is 4.90 Å². The fourth-order valence-corrected chi connectivity index (χ4v) is 2.52. The minimum atomic E-state index is -0.895. The molecule has 2 aromatic rings. The molecule has 1 amide bonds. The first-order valence-electron chi connectivity index (χ1n) is 6.82. The van der Waals surface area contributed by atoms with Crippen molar-refractivity contribution in [2.75, 3.05) is 19.7 Å². The standard InChI is InChI=1S/C15H17N3O3/c1-17-7-6-16-14(17)12-4-2-11(3-5-12)13-10-18(15(19)20)8-9-21-13/h2-7,13H,8-10H2,1H3,(H,19,20). The minimum absolute atomic E-state index is 0.203. The summed E-state index contributed by atoms with van der Waals surface area (Å²) < 4.78 is 7.63. The van der Waals surface area contributed by atoms with Crippen LogP contribution in [0, 0.1) is 0 Å². The SMILES string of the molecule is Cn1ccnc1-c1ccc(C2CN(C(=O)O)CCO2)cc1. The first-order chi connectivity index (χ1) is 10.1. The number of nitrogens with zero attached hydrogens (tertiary/aromatic N) is 3. The lowest BCUT2D eigenvalue weighted by molar-refractivity contribution is -0.0231. The summed E-state index contributed by atoms with van der Waals surface area (Å²) in [6, 6.07) is 7.92. The van der Waals surface area contributed by atoms with Gasteiger partial charge in [-0.3, -0.25) is 0 Å². The van der Waals surface area contributed by atoms with Gasteiger partial charge >= 0.3 is 6.09 Å². The van der Waals surface area contributed by atoms with Crippen molar-refractivity contribution < 1.29 is 14.6 Å². The molecule has 1 unspecified atom stereocenters. The number of benzene rings is 1. The Balaban J connectivity index is 1.78. The van der Waals surface area contributed by atoms with Gasteiger partial charge in [-0.1, -0.05) is 24.3 Å². The molecular weight excluding hydrogens is 270 g/mol. The van der Waals surface area contributed by atoms with Crippen LogP contribution in [-0.2, 0) is 11.8 Å². The Morgan fingerprint density at radius 3 is 2.76 bits per heavy atom. The molecule has 21 heavy (non-hydrogen) atoms. The van der Waals surface area contributed by atoms with Gasteiger partial charge < -0.3 is 19.3 Å². The summed E-state index contributed by atoms with van der Waals surface area (Å²) in [5.74, 6) is 0.901. The van der Waals surface area contributed by atoms with Crippen LogP contribution in [0.15, 0.2) is 36.7 Å². The molecule has 0 saturated carbocycles. The van der Waals surface area contributed by atoms with E-state index in [2.05, 4.69) is 4.98 Å². The van der Waals surface area contributed by atoms with Gasteiger partial charge in [-0.05, 0) is 5.56 Å². The second kappa shape index (κ2) is 5.57. The Bertz CT molecular complexity index is 636. The van der Waals surface area contributed by atoms with E-state index < -0.39 is 6.09 Å². The summed E-state index contributed by atoms with van der Waals surface area (Å²) >= 11 is 0. The molecule has 1 saturated heterocycles. The monoisotopic (exact) mass is 287 g/mol. The highest BCUT2D eigenvalue weighted by Gasteiger charge is 2.24. The quantitative estimate of drug-likeness (QED) is 0.919. The summed E-state index contributed by atoms with van der Waals surface area (Å²) in [6.07, 6.45) is 2.56. The molecule has 1 aliphatic heterocycles. The number of rotatable bonds is 2. The minimum Gasteiger partial charge on any atom is -0.465 e. The Kier molecular flexibility index (Phi) is 3.62. The van der Waals surface area contributed by atoms with Crippen LogP contribution in [-0.4, -0.2) is 45.3 Å². The van der Waals surface area contributed by atoms with Crippen molar-refractivity contribution in [3.63, 3.8) is 0 Å². The van der Waals surface area contributed by atoms with E-state index in [1.54, 1.807) is 6.20 Å². The van der Waals surface area contributed by atoms with E-state index in [9.17, 15) is 4.79 Å². The molecule has 110 valence electrons. The van der Waals surface area contributed by atoms with Crippen LogP contribution >= 0.6 is 0 Å². The maximum absolute atomic E-state index is 11.0. The van der Waals surface area contributed by atoms with Crippen LogP contribution in [0.5, 0.6) is 0 Å². The van der Waals surface area contributed by atoms with Crippen LogP contribution in [0.25, 0.3) is 11.4 Å². The van der Waals surface area contributed by atoms with Gasteiger partial charge in [0.05, 0.1) is 13.2 Å². The lowest BCUT2D eigenvalue weighted by Crippen LogP contribution is -2.41. The topological polar surface area (TPSA) is 67.6 Å². The first-order valence-corrected chi connectivity index (χ1v) is 6.82. The maximum atomic E-state index is 11.0. The van der Waals surface area contributed by atoms with Crippen molar-refractivity contribution in [3.05, 3.63) is 42.2 Å². The number of morpholine rings is 1. The van der Waals surface area contributed by atoms with Crippen LogP contribution in [0.2, 0.25) is 0 Å². The van der Waals surface area contributed by atoms with E-state index in [4.69, 9.17) is 9.84 Å². The average Bonchev–Trinajstić information content (AvgIpc) is 2.94. The summed E-state index contributed by atoms with van der Waals surface area (Å²) in [5.41, 5.74) is 2.01. The molecule has 1 aromatic carbocycles. The van der Waals surface area contributed by atoms with E-state index in [0.717, 1.165) is 17.0 Å². The van der Waals surface area contributed by atoms with E-state index in [1.807, 2.05) is 42.1 Å². The highest BCUT2D eigenvalue weighted by molar-refractivity contribution is 5.65. The van der Waals surface area contributed by atoms with Crippen molar-refractivity contribution >= 4 is 6.09 Å². The van der Waals surface area contributed by atoms with Gasteiger partial charge in [0.15, 0.2) is 0 Å². The second-order valence-corrected chi connectivity index (χ2v) is 5.07. The zero-order chi connectivity index (χ0) is 14.8. The molecule has 2 heterocycles. The Labute approximate surface area is 122 Å². The maximum Gasteiger partial charge on any atom is 0.407 e. The van der Waals surface area contributed by atoms with Crippen LogP contribution in [0.1, 0.15) is 11.7 Å². The Morgan fingerprint density at radius 1 is 1.38 bits per heavy atom. The zero-order valence-corrected chi connectivity index (χ0v) is 11.8. The number of ether oxygens (including phenoxy) is 1. The molecule has 1 N–H and O–H groups in total. The van der Waals surface area contributed by atoms with Crippen LogP contribution in [0.4, 0.5) is 4.79 Å². The van der Waals surface area contributed by atoms with Crippen LogP contribution in [0.3, 0.4) is 0 Å². The summed E-state index contributed by atoms with van der Waals surface area (Å²) in [7, 11) is 1.95. The van der Waals surface area contributed by atoms with Crippen molar-refractivity contribution in [2.24, 2.45) is 7.05 Å². The van der Waals surface area contributed by atoms with Crippen molar-refractivity contribution in [1.29, 1.82) is 0 Å². The fourth-order valence-electron chi connectivity index (χ4n) is 2.52. The highest BCUT2D eigenvalue weighted by Crippen LogP contribution is 2.25. The highest BCUT2D eigenvalue weighted by atomic mass is 16.5. The smallest absolute Gasteiger partial charge is 0.407 e. The molecule has 0 bridgehead atoms. The number of aromatic nitrogens is 2. The lowest BCUT2D eigenvalue weighted by Gasteiger charge is -2.31. The van der Waals surface area contributed by atoms with Gasteiger partial charge in [0.2, 0.25) is 0 Å². The number of carbonyl (C=O) groups is 1. The van der Waals surface area contributed by atoms with Gasteiger partial charge in [0.1, 0.15) is 11.9 Å². The summed E-state index contributed by atoms with van der Waals surface area (Å²) in [5, 5.41) is 9.06. The molecule has 1 aliphatic rings. The molecule has 0 aliphatic carbocycles. The van der Waals surface area contributed by atoms with Crippen molar-refractivity contribution in [1.82, 2.24) is 14.5 Å². The van der Waals surface area contributed by atoms with Gasteiger partial charge in [-0.2, -0.15) is 0 Å².